The van der Waals surface area contributed by atoms with Crippen molar-refractivity contribution in [3.05, 3.63) is 24.3 Å². The molecule has 2 atom stereocenters. The topological polar surface area (TPSA) is 125 Å². The Morgan fingerprint density at radius 3 is 2.65 bits per heavy atom. The van der Waals surface area contributed by atoms with E-state index in [1.165, 1.54) is 0 Å². The quantitative estimate of drug-likeness (QED) is 0.277. The van der Waals surface area contributed by atoms with Crippen LogP contribution in [0.3, 0.4) is 0 Å². The minimum absolute atomic E-state index is 0.102. The lowest BCUT2D eigenvalue weighted by atomic mass is 10.0. The molecular weight excluding hydrogens is 440 g/mol. The normalized spacial score (nSPS) is 13.2. The maximum atomic E-state index is 12.5. The Kier molecular flexibility index (Phi) is 11.9. The Morgan fingerprint density at radius 1 is 1.18 bits per heavy atom. The van der Waals surface area contributed by atoms with Crippen LogP contribution in [0.15, 0.2) is 18.5 Å². The van der Waals surface area contributed by atoms with Crippen LogP contribution in [0.5, 0.6) is 0 Å². The number of aryl methyl sites for hydroxylation is 2. The fraction of sp³-hybridized carbons (Fsp3) is 0.667. The highest BCUT2D eigenvalue weighted by Gasteiger charge is 2.24. The van der Waals surface area contributed by atoms with Gasteiger partial charge in [0.25, 0.3) is 0 Å². The van der Waals surface area contributed by atoms with Crippen LogP contribution in [0.25, 0.3) is 11.0 Å². The smallest absolute Gasteiger partial charge is 0.328 e. The molecule has 190 valence electrons. The second kappa shape index (κ2) is 14.6. The monoisotopic (exact) mass is 478 g/mol. The van der Waals surface area contributed by atoms with E-state index in [0.29, 0.717) is 39.2 Å². The van der Waals surface area contributed by atoms with Gasteiger partial charge in [0.2, 0.25) is 5.91 Å². The molecule has 34 heavy (non-hydrogen) atoms. The summed E-state index contributed by atoms with van der Waals surface area (Å²) in [6.07, 6.45) is 3.26. The van der Waals surface area contributed by atoms with Crippen molar-refractivity contribution in [3.63, 3.8) is 0 Å². The van der Waals surface area contributed by atoms with Gasteiger partial charge in [-0.15, -0.1) is 0 Å². The van der Waals surface area contributed by atoms with E-state index in [2.05, 4.69) is 15.3 Å². The van der Waals surface area contributed by atoms with Crippen LogP contribution in [-0.4, -0.2) is 76.7 Å². The van der Waals surface area contributed by atoms with Gasteiger partial charge in [-0.25, -0.2) is 9.78 Å². The van der Waals surface area contributed by atoms with Gasteiger partial charge in [-0.1, -0.05) is 13.8 Å². The van der Waals surface area contributed by atoms with E-state index in [4.69, 9.17) is 14.2 Å². The molecule has 0 radical (unpaired) electrons. The summed E-state index contributed by atoms with van der Waals surface area (Å²) < 4.78 is 17.8. The van der Waals surface area contributed by atoms with Gasteiger partial charge in [0.1, 0.15) is 24.0 Å². The lowest BCUT2D eigenvalue weighted by Crippen LogP contribution is -2.44. The van der Waals surface area contributed by atoms with E-state index >= 15 is 0 Å². The Bertz CT molecular complexity index is 901. The summed E-state index contributed by atoms with van der Waals surface area (Å²) >= 11 is 0. The number of amides is 1. The largest absolute Gasteiger partial charge is 0.462 e. The first kappa shape index (κ1) is 27.7. The lowest BCUT2D eigenvalue weighted by molar-refractivity contribution is -0.150. The number of hydrogen-bond acceptors (Lipinski definition) is 8. The van der Waals surface area contributed by atoms with Crippen molar-refractivity contribution in [1.29, 1.82) is 0 Å². The molecule has 2 rings (SSSR count). The second-order valence-corrected chi connectivity index (χ2v) is 8.55. The number of nitrogens with zero attached hydrogens (tertiary/aromatic N) is 3. The zero-order chi connectivity index (χ0) is 24.9. The summed E-state index contributed by atoms with van der Waals surface area (Å²) in [4.78, 5) is 33.5. The molecular formula is C24H38N4O6. The van der Waals surface area contributed by atoms with Crippen LogP contribution in [-0.2, 0) is 30.3 Å². The summed E-state index contributed by atoms with van der Waals surface area (Å²) in [5.74, 6) is 0.108. The average molecular weight is 479 g/mol. The van der Waals surface area contributed by atoms with Crippen LogP contribution >= 0.6 is 0 Å². The minimum Gasteiger partial charge on any atom is -0.462 e. The molecule has 2 N–H and O–H groups in total. The number of rotatable bonds is 16. The van der Waals surface area contributed by atoms with Gasteiger partial charge < -0.3 is 29.2 Å². The molecule has 0 aliphatic heterocycles. The molecule has 0 aliphatic carbocycles. The zero-order valence-electron chi connectivity index (χ0n) is 20.7. The first-order valence-corrected chi connectivity index (χ1v) is 11.9. The molecule has 0 saturated carbocycles. The SMILES string of the molecule is CCOCCOCCOC(=O)[C@H](CC(C)C)NC(=O)CC(O)CCn1c(C)nc2cnccc21. The highest BCUT2D eigenvalue weighted by atomic mass is 16.6. The minimum atomic E-state index is -0.854. The molecule has 0 fully saturated rings. The van der Waals surface area contributed by atoms with Crippen molar-refractivity contribution in [2.45, 2.75) is 65.6 Å². The predicted molar refractivity (Wildman–Crippen MR) is 127 cm³/mol. The molecule has 0 bridgehead atoms. The number of pyridine rings is 1. The maximum Gasteiger partial charge on any atom is 0.328 e. The summed E-state index contributed by atoms with van der Waals surface area (Å²) in [6, 6.07) is 1.11. The van der Waals surface area contributed by atoms with Crippen molar-refractivity contribution in [1.82, 2.24) is 19.9 Å². The van der Waals surface area contributed by atoms with E-state index in [-0.39, 0.29) is 31.5 Å². The molecule has 10 heteroatoms. The fourth-order valence-corrected chi connectivity index (χ4v) is 3.58. The Hall–Kier alpha value is -2.56. The summed E-state index contributed by atoms with van der Waals surface area (Å²) in [5.41, 5.74) is 1.73. The first-order valence-electron chi connectivity index (χ1n) is 11.9. The standard InChI is InChI=1S/C24H38N4O6/c1-5-32-10-11-33-12-13-34-24(31)20(14-17(2)3)27-23(30)15-19(29)7-9-28-18(4)26-21-16-25-8-6-22(21)28/h6,8,16-17,19-20,29H,5,7,9-15H2,1-4H3,(H,27,30)/t19?,20-/m0/s1. The number of fused-ring (bicyclic) bond motifs is 1. The highest BCUT2D eigenvalue weighted by Crippen LogP contribution is 2.16. The number of esters is 1. The summed E-state index contributed by atoms with van der Waals surface area (Å²) in [7, 11) is 0. The molecule has 0 aliphatic rings. The molecule has 2 heterocycles. The van der Waals surface area contributed by atoms with E-state index in [1.807, 2.05) is 38.3 Å². The molecule has 0 saturated heterocycles. The number of hydrogen-bond donors (Lipinski definition) is 2. The van der Waals surface area contributed by atoms with Gasteiger partial charge >= 0.3 is 5.97 Å². The highest BCUT2D eigenvalue weighted by molar-refractivity contribution is 5.84. The maximum absolute atomic E-state index is 12.5. The van der Waals surface area contributed by atoms with Crippen LogP contribution in [0, 0.1) is 12.8 Å². The molecule has 0 spiro atoms. The molecule has 1 amide bonds. The first-order chi connectivity index (χ1) is 16.3. The third-order valence-corrected chi connectivity index (χ3v) is 5.22. The van der Waals surface area contributed by atoms with Crippen LogP contribution < -0.4 is 5.32 Å². The number of imidazole rings is 1. The average Bonchev–Trinajstić information content (AvgIpc) is 3.11. The number of aliphatic hydroxyl groups is 1. The van der Waals surface area contributed by atoms with Gasteiger partial charge in [-0.2, -0.15) is 0 Å². The van der Waals surface area contributed by atoms with Crippen LogP contribution in [0.1, 0.15) is 45.9 Å². The number of carbonyl (C=O) groups is 2. The van der Waals surface area contributed by atoms with Crippen LogP contribution in [0.4, 0.5) is 0 Å². The molecule has 2 aromatic heterocycles. The lowest BCUT2D eigenvalue weighted by Gasteiger charge is -2.20. The Labute approximate surface area is 201 Å². The third-order valence-electron chi connectivity index (χ3n) is 5.22. The zero-order valence-corrected chi connectivity index (χ0v) is 20.7. The third kappa shape index (κ3) is 9.36. The number of ether oxygens (including phenoxy) is 3. The molecule has 0 aromatic carbocycles. The van der Waals surface area contributed by atoms with Gasteiger partial charge in [0.05, 0.1) is 44.1 Å². The van der Waals surface area contributed by atoms with Gasteiger partial charge in [-0.05, 0) is 38.7 Å². The number of aromatic nitrogens is 3. The summed E-state index contributed by atoms with van der Waals surface area (Å²) in [6.45, 7) is 10.2. The Morgan fingerprint density at radius 2 is 1.91 bits per heavy atom. The number of nitrogens with one attached hydrogen (secondary N) is 1. The van der Waals surface area contributed by atoms with Crippen molar-refractivity contribution in [2.24, 2.45) is 5.92 Å². The molecule has 10 nitrogen and oxygen atoms in total. The van der Waals surface area contributed by atoms with E-state index in [1.54, 1.807) is 12.4 Å². The second-order valence-electron chi connectivity index (χ2n) is 8.55. The van der Waals surface area contributed by atoms with E-state index < -0.39 is 18.1 Å². The molecule has 1 unspecified atom stereocenters. The summed E-state index contributed by atoms with van der Waals surface area (Å²) in [5, 5.41) is 13.1. The van der Waals surface area contributed by atoms with Crippen LogP contribution in [0.2, 0.25) is 0 Å². The van der Waals surface area contributed by atoms with Gasteiger partial charge in [0.15, 0.2) is 0 Å². The van der Waals surface area contributed by atoms with Gasteiger partial charge in [-0.3, -0.25) is 9.78 Å². The Balaban J connectivity index is 1.79. The van der Waals surface area contributed by atoms with Crippen molar-refractivity contribution in [2.75, 3.05) is 33.0 Å². The fourth-order valence-electron chi connectivity index (χ4n) is 3.58. The van der Waals surface area contributed by atoms with Crippen molar-refractivity contribution in [3.8, 4) is 0 Å². The van der Waals surface area contributed by atoms with Crippen molar-refractivity contribution >= 4 is 22.9 Å². The predicted octanol–water partition coefficient (Wildman–Crippen LogP) is 2.01. The van der Waals surface area contributed by atoms with Crippen molar-refractivity contribution < 1.29 is 28.9 Å². The van der Waals surface area contributed by atoms with Gasteiger partial charge in [0, 0.05) is 19.3 Å². The molecule has 2 aromatic rings. The number of aliphatic hydroxyl groups excluding tert-OH is 1. The van der Waals surface area contributed by atoms with E-state index in [0.717, 1.165) is 16.9 Å². The van der Waals surface area contributed by atoms with E-state index in [9.17, 15) is 14.7 Å². The number of carbonyl (C=O) groups excluding carboxylic acids is 2.